The molecule has 2 aromatic carbocycles. The number of fused-ring (bicyclic) bond motifs is 1. The Morgan fingerprint density at radius 3 is 2.59 bits per heavy atom. The summed E-state index contributed by atoms with van der Waals surface area (Å²) in [5, 5.41) is 3.79. The number of carbonyl (C=O) groups excluding carboxylic acids is 1. The largest absolute Gasteiger partial charge is 0.486 e. The summed E-state index contributed by atoms with van der Waals surface area (Å²) < 4.78 is 24.3. The summed E-state index contributed by atoms with van der Waals surface area (Å²) in [5.74, 6) is 0.835. The van der Waals surface area contributed by atoms with E-state index in [2.05, 4.69) is 10.3 Å². The quantitative estimate of drug-likeness (QED) is 0.582. The van der Waals surface area contributed by atoms with E-state index in [9.17, 15) is 9.18 Å². The van der Waals surface area contributed by atoms with Gasteiger partial charge in [-0.05, 0) is 36.9 Å². The highest BCUT2D eigenvalue weighted by atomic mass is 32.2. The molecule has 1 N–H and O–H groups in total. The molecule has 1 aliphatic heterocycles. The highest BCUT2D eigenvalue weighted by Crippen LogP contribution is 2.39. The number of aryl methyl sites for hydroxylation is 1. The van der Waals surface area contributed by atoms with Gasteiger partial charge in [-0.1, -0.05) is 12.1 Å². The minimum absolute atomic E-state index is 0.211. The molecule has 1 aliphatic rings. The van der Waals surface area contributed by atoms with Crippen molar-refractivity contribution in [3.8, 4) is 11.5 Å². The van der Waals surface area contributed by atoms with E-state index in [0.717, 1.165) is 15.5 Å². The average molecular weight is 431 g/mol. The van der Waals surface area contributed by atoms with Gasteiger partial charge >= 0.3 is 0 Å². The molecule has 0 radical (unpaired) electrons. The topological polar surface area (TPSA) is 60.5 Å². The van der Waals surface area contributed by atoms with Gasteiger partial charge < -0.3 is 14.8 Å². The van der Waals surface area contributed by atoms with Crippen molar-refractivity contribution in [1.82, 2.24) is 4.98 Å². The lowest BCUT2D eigenvalue weighted by Crippen LogP contribution is -2.17. The summed E-state index contributed by atoms with van der Waals surface area (Å²) in [5.41, 5.74) is 2.30. The monoisotopic (exact) mass is 430 g/mol. The van der Waals surface area contributed by atoms with Crippen molar-refractivity contribution in [2.75, 3.05) is 24.8 Å². The summed E-state index contributed by atoms with van der Waals surface area (Å²) in [6.45, 7) is 2.82. The molecule has 2 heterocycles. The van der Waals surface area contributed by atoms with Crippen LogP contribution < -0.4 is 14.8 Å². The van der Waals surface area contributed by atoms with E-state index in [1.165, 1.54) is 35.2 Å². The second-order valence-electron chi connectivity index (χ2n) is 6.48. The molecule has 29 heavy (non-hydrogen) atoms. The van der Waals surface area contributed by atoms with Crippen LogP contribution >= 0.6 is 23.1 Å². The third kappa shape index (κ3) is 4.38. The van der Waals surface area contributed by atoms with Crippen LogP contribution in [0.4, 0.5) is 10.1 Å². The fourth-order valence-corrected chi connectivity index (χ4v) is 4.58. The van der Waals surface area contributed by atoms with Crippen LogP contribution in [-0.2, 0) is 6.42 Å². The molecule has 3 aromatic rings. The van der Waals surface area contributed by atoms with Crippen molar-refractivity contribution in [1.29, 1.82) is 0 Å². The molecule has 4 rings (SSSR count). The molecule has 0 unspecified atom stereocenters. The maximum Gasteiger partial charge on any atom is 0.267 e. The number of hydrogen-bond acceptors (Lipinski definition) is 6. The van der Waals surface area contributed by atoms with E-state index in [4.69, 9.17) is 9.47 Å². The first-order valence-electron chi connectivity index (χ1n) is 9.03. The molecule has 1 amide bonds. The van der Waals surface area contributed by atoms with Crippen molar-refractivity contribution in [2.45, 2.75) is 18.2 Å². The molecular weight excluding hydrogens is 411 g/mol. The van der Waals surface area contributed by atoms with Gasteiger partial charge in [0.05, 0.1) is 16.4 Å². The molecule has 0 spiro atoms. The zero-order valence-electron chi connectivity index (χ0n) is 16.0. The number of aromatic nitrogens is 1. The van der Waals surface area contributed by atoms with E-state index in [0.29, 0.717) is 47.4 Å². The number of nitrogens with one attached hydrogen (secondary N) is 1. The van der Waals surface area contributed by atoms with Crippen molar-refractivity contribution in [3.63, 3.8) is 0 Å². The number of carbonyl (C=O) groups is 1. The summed E-state index contributed by atoms with van der Waals surface area (Å²) in [6, 6.07) is 9.99. The number of rotatable bonds is 5. The Hall–Kier alpha value is -2.58. The molecule has 0 bridgehead atoms. The minimum atomic E-state index is -0.270. The number of thiazole rings is 1. The fraction of sp³-hybridized carbons (Fsp3) is 0.238. The number of amides is 1. The Kier molecular flexibility index (Phi) is 5.73. The van der Waals surface area contributed by atoms with Gasteiger partial charge in [0.25, 0.3) is 5.91 Å². The first-order chi connectivity index (χ1) is 14.0. The SMILES string of the molecule is CSc1cc2c(cc1NC(=O)c1sc(Cc3ccc(F)cc3)nc1C)OCCO2. The molecule has 5 nitrogen and oxygen atoms in total. The number of nitrogens with zero attached hydrogens (tertiary/aromatic N) is 1. The van der Waals surface area contributed by atoms with Crippen molar-refractivity contribution in [3.05, 3.63) is 63.4 Å². The molecule has 150 valence electrons. The third-order valence-electron chi connectivity index (χ3n) is 4.43. The lowest BCUT2D eigenvalue weighted by molar-refractivity contribution is 0.102. The van der Waals surface area contributed by atoms with E-state index in [1.54, 1.807) is 18.2 Å². The van der Waals surface area contributed by atoms with E-state index in [1.807, 2.05) is 19.2 Å². The van der Waals surface area contributed by atoms with Crippen LogP contribution in [0.3, 0.4) is 0 Å². The van der Waals surface area contributed by atoms with Gasteiger partial charge in [0.2, 0.25) is 0 Å². The van der Waals surface area contributed by atoms with Crippen LogP contribution in [0.2, 0.25) is 0 Å². The average Bonchev–Trinajstić information content (AvgIpc) is 3.09. The van der Waals surface area contributed by atoms with Crippen LogP contribution in [0.15, 0.2) is 41.3 Å². The van der Waals surface area contributed by atoms with Crippen LogP contribution in [0.1, 0.15) is 25.9 Å². The number of thioether (sulfide) groups is 1. The minimum Gasteiger partial charge on any atom is -0.486 e. The second kappa shape index (κ2) is 8.42. The standard InChI is InChI=1S/C21H19FN2O3S2/c1-12-20(29-19(23-12)9-13-3-5-14(22)6-4-13)21(25)24-15-10-16-17(11-18(15)28-2)27-8-7-26-16/h3-6,10-11H,7-9H2,1-2H3,(H,24,25). The number of halogens is 1. The van der Waals surface area contributed by atoms with Crippen molar-refractivity contribution < 1.29 is 18.7 Å². The van der Waals surface area contributed by atoms with Gasteiger partial charge in [-0.2, -0.15) is 0 Å². The lowest BCUT2D eigenvalue weighted by Gasteiger charge is -2.20. The predicted molar refractivity (Wildman–Crippen MR) is 113 cm³/mol. The smallest absolute Gasteiger partial charge is 0.267 e. The predicted octanol–water partition coefficient (Wildman–Crippen LogP) is 4.93. The zero-order chi connectivity index (χ0) is 20.4. The van der Waals surface area contributed by atoms with E-state index >= 15 is 0 Å². The van der Waals surface area contributed by atoms with Gasteiger partial charge in [0.15, 0.2) is 11.5 Å². The van der Waals surface area contributed by atoms with Gasteiger partial charge in [0, 0.05) is 17.4 Å². The zero-order valence-corrected chi connectivity index (χ0v) is 17.6. The second-order valence-corrected chi connectivity index (χ2v) is 8.41. The van der Waals surface area contributed by atoms with Crippen LogP contribution in [0, 0.1) is 12.7 Å². The van der Waals surface area contributed by atoms with Crippen molar-refractivity contribution in [2.24, 2.45) is 0 Å². The first kappa shape index (κ1) is 19.7. The van der Waals surface area contributed by atoms with Crippen LogP contribution in [0.5, 0.6) is 11.5 Å². The summed E-state index contributed by atoms with van der Waals surface area (Å²) in [7, 11) is 0. The number of hydrogen-bond donors (Lipinski definition) is 1. The Labute approximate surface area is 176 Å². The highest BCUT2D eigenvalue weighted by molar-refractivity contribution is 7.98. The molecule has 0 saturated heterocycles. The molecule has 1 aromatic heterocycles. The van der Waals surface area contributed by atoms with Crippen LogP contribution in [0.25, 0.3) is 0 Å². The van der Waals surface area contributed by atoms with Crippen LogP contribution in [-0.4, -0.2) is 30.4 Å². The van der Waals surface area contributed by atoms with Gasteiger partial charge in [-0.25, -0.2) is 9.37 Å². The number of ether oxygens (including phenoxy) is 2. The highest BCUT2D eigenvalue weighted by Gasteiger charge is 2.20. The van der Waals surface area contributed by atoms with Gasteiger partial charge in [0.1, 0.15) is 23.9 Å². The Balaban J connectivity index is 1.54. The fourth-order valence-electron chi connectivity index (χ4n) is 3.03. The van der Waals surface area contributed by atoms with E-state index in [-0.39, 0.29) is 11.7 Å². The van der Waals surface area contributed by atoms with Crippen molar-refractivity contribution >= 4 is 34.7 Å². The van der Waals surface area contributed by atoms with Gasteiger partial charge in [-0.15, -0.1) is 23.1 Å². The molecule has 0 aliphatic carbocycles. The maximum absolute atomic E-state index is 13.1. The Bertz CT molecular complexity index is 1050. The van der Waals surface area contributed by atoms with E-state index < -0.39 is 0 Å². The first-order valence-corrected chi connectivity index (χ1v) is 11.1. The number of anilines is 1. The number of benzene rings is 2. The van der Waals surface area contributed by atoms with Gasteiger partial charge in [-0.3, -0.25) is 4.79 Å². The molecule has 8 heteroatoms. The summed E-state index contributed by atoms with van der Waals surface area (Å²) in [4.78, 5) is 18.9. The Morgan fingerprint density at radius 1 is 1.21 bits per heavy atom. The molecular formula is C21H19FN2O3S2. The third-order valence-corrected chi connectivity index (χ3v) is 6.36. The molecule has 0 saturated carbocycles. The molecule has 0 atom stereocenters. The summed E-state index contributed by atoms with van der Waals surface area (Å²) >= 11 is 2.87. The maximum atomic E-state index is 13.1. The Morgan fingerprint density at radius 2 is 1.90 bits per heavy atom. The molecule has 0 fully saturated rings. The summed E-state index contributed by atoms with van der Waals surface area (Å²) in [6.07, 6.45) is 2.50. The normalized spacial score (nSPS) is 12.7. The lowest BCUT2D eigenvalue weighted by atomic mass is 10.1.